The van der Waals surface area contributed by atoms with Gasteiger partial charge in [0.1, 0.15) is 11.3 Å². The van der Waals surface area contributed by atoms with Crippen molar-refractivity contribution in [3.05, 3.63) is 46.0 Å². The summed E-state index contributed by atoms with van der Waals surface area (Å²) in [6.07, 6.45) is -3.75. The molecular formula is C13H12F3N3O. The molecule has 0 spiro atoms. The van der Waals surface area contributed by atoms with Crippen LogP contribution in [0.25, 0.3) is 5.65 Å². The molecule has 0 amide bonds. The molecule has 3 heterocycles. The zero-order chi connectivity index (χ0) is 14.3. The molecule has 0 aromatic carbocycles. The van der Waals surface area contributed by atoms with E-state index in [-0.39, 0.29) is 11.6 Å². The van der Waals surface area contributed by atoms with Crippen molar-refractivity contribution in [1.29, 1.82) is 0 Å². The molecule has 2 aromatic heterocycles. The standard InChI is InChI=1S/C13H12F3N3O/c14-13(15,16)10-2-1-3-11-18-9(6-12(20)19(10)11)8-4-5-17-7-8/h1-3,6,8,17H,4-5,7H2. The van der Waals surface area contributed by atoms with E-state index in [0.717, 1.165) is 19.0 Å². The van der Waals surface area contributed by atoms with E-state index in [4.69, 9.17) is 0 Å². The Balaban J connectivity index is 2.21. The van der Waals surface area contributed by atoms with E-state index in [1.165, 1.54) is 18.2 Å². The molecule has 2 aromatic rings. The molecular weight excluding hydrogens is 271 g/mol. The van der Waals surface area contributed by atoms with Gasteiger partial charge in [-0.2, -0.15) is 13.2 Å². The Bertz CT molecular complexity index is 702. The third kappa shape index (κ3) is 2.18. The molecule has 0 bridgehead atoms. The molecule has 1 atom stereocenters. The highest BCUT2D eigenvalue weighted by Crippen LogP contribution is 2.29. The van der Waals surface area contributed by atoms with Gasteiger partial charge >= 0.3 is 6.18 Å². The third-order valence-electron chi connectivity index (χ3n) is 3.47. The van der Waals surface area contributed by atoms with Crippen LogP contribution in [0.4, 0.5) is 13.2 Å². The molecule has 0 aliphatic carbocycles. The molecule has 1 aliphatic rings. The van der Waals surface area contributed by atoms with Gasteiger partial charge in [0.25, 0.3) is 5.56 Å². The molecule has 20 heavy (non-hydrogen) atoms. The maximum Gasteiger partial charge on any atom is 0.431 e. The van der Waals surface area contributed by atoms with Gasteiger partial charge in [-0.15, -0.1) is 0 Å². The highest BCUT2D eigenvalue weighted by atomic mass is 19.4. The van der Waals surface area contributed by atoms with Crippen molar-refractivity contribution in [2.45, 2.75) is 18.5 Å². The van der Waals surface area contributed by atoms with Gasteiger partial charge in [0.2, 0.25) is 0 Å². The van der Waals surface area contributed by atoms with Crippen molar-refractivity contribution in [3.8, 4) is 0 Å². The highest BCUT2D eigenvalue weighted by Gasteiger charge is 2.34. The topological polar surface area (TPSA) is 46.4 Å². The second kappa shape index (κ2) is 4.59. The number of hydrogen-bond donors (Lipinski definition) is 1. The Morgan fingerprint density at radius 1 is 1.35 bits per heavy atom. The van der Waals surface area contributed by atoms with Crippen LogP contribution in [0, 0.1) is 0 Å². The minimum atomic E-state index is -4.58. The highest BCUT2D eigenvalue weighted by molar-refractivity contribution is 5.41. The monoisotopic (exact) mass is 283 g/mol. The lowest BCUT2D eigenvalue weighted by Crippen LogP contribution is -2.24. The van der Waals surface area contributed by atoms with E-state index in [1.807, 2.05) is 0 Å². The number of rotatable bonds is 1. The van der Waals surface area contributed by atoms with Crippen molar-refractivity contribution in [3.63, 3.8) is 0 Å². The normalized spacial score (nSPS) is 19.6. The molecule has 1 saturated heterocycles. The molecule has 7 heteroatoms. The lowest BCUT2D eigenvalue weighted by atomic mass is 10.0. The van der Waals surface area contributed by atoms with Crippen LogP contribution in [0.2, 0.25) is 0 Å². The largest absolute Gasteiger partial charge is 0.431 e. The Kier molecular flexibility index (Phi) is 3.01. The van der Waals surface area contributed by atoms with Gasteiger partial charge in [0, 0.05) is 18.5 Å². The number of nitrogens with one attached hydrogen (secondary N) is 1. The van der Waals surface area contributed by atoms with Crippen molar-refractivity contribution < 1.29 is 13.2 Å². The summed E-state index contributed by atoms with van der Waals surface area (Å²) in [5, 5.41) is 3.15. The number of pyridine rings is 1. The lowest BCUT2D eigenvalue weighted by molar-refractivity contribution is -0.142. The quantitative estimate of drug-likeness (QED) is 0.868. The van der Waals surface area contributed by atoms with Gasteiger partial charge in [0.05, 0.1) is 5.69 Å². The van der Waals surface area contributed by atoms with Gasteiger partial charge < -0.3 is 5.32 Å². The number of halogens is 3. The molecule has 1 N–H and O–H groups in total. The molecule has 1 fully saturated rings. The number of aromatic nitrogens is 2. The Morgan fingerprint density at radius 2 is 2.15 bits per heavy atom. The lowest BCUT2D eigenvalue weighted by Gasteiger charge is -2.13. The summed E-state index contributed by atoms with van der Waals surface area (Å²) < 4.78 is 39.3. The Labute approximate surface area is 112 Å². The van der Waals surface area contributed by atoms with E-state index in [0.29, 0.717) is 16.6 Å². The average molecular weight is 283 g/mol. The van der Waals surface area contributed by atoms with Gasteiger partial charge in [-0.1, -0.05) is 6.07 Å². The van der Waals surface area contributed by atoms with Crippen LogP contribution >= 0.6 is 0 Å². The summed E-state index contributed by atoms with van der Waals surface area (Å²) in [6.45, 7) is 1.52. The third-order valence-corrected chi connectivity index (χ3v) is 3.47. The minimum absolute atomic E-state index is 0.0363. The minimum Gasteiger partial charge on any atom is -0.316 e. The molecule has 4 nitrogen and oxygen atoms in total. The molecule has 106 valence electrons. The smallest absolute Gasteiger partial charge is 0.316 e. The van der Waals surface area contributed by atoms with E-state index < -0.39 is 17.4 Å². The summed E-state index contributed by atoms with van der Waals surface area (Å²) in [5.74, 6) is 0.0854. The molecule has 0 saturated carbocycles. The van der Waals surface area contributed by atoms with E-state index in [9.17, 15) is 18.0 Å². The maximum atomic E-state index is 12.9. The second-order valence-electron chi connectivity index (χ2n) is 4.81. The summed E-state index contributed by atoms with van der Waals surface area (Å²) in [7, 11) is 0. The number of alkyl halides is 3. The van der Waals surface area contributed by atoms with Crippen molar-refractivity contribution >= 4 is 5.65 Å². The van der Waals surface area contributed by atoms with E-state index in [2.05, 4.69) is 10.3 Å². The van der Waals surface area contributed by atoms with Crippen molar-refractivity contribution in [2.24, 2.45) is 0 Å². The van der Waals surface area contributed by atoms with Gasteiger partial charge in [-0.25, -0.2) is 4.98 Å². The van der Waals surface area contributed by atoms with Crippen LogP contribution in [0.3, 0.4) is 0 Å². The fraction of sp³-hybridized carbons (Fsp3) is 0.385. The first-order chi connectivity index (χ1) is 9.47. The zero-order valence-electron chi connectivity index (χ0n) is 10.4. The first-order valence-electron chi connectivity index (χ1n) is 6.27. The van der Waals surface area contributed by atoms with Crippen molar-refractivity contribution in [2.75, 3.05) is 13.1 Å². The predicted octanol–water partition coefficient (Wildman–Crippen LogP) is 1.79. The maximum absolute atomic E-state index is 12.9. The molecule has 1 aliphatic heterocycles. The fourth-order valence-corrected chi connectivity index (χ4v) is 2.51. The second-order valence-corrected chi connectivity index (χ2v) is 4.81. The van der Waals surface area contributed by atoms with Gasteiger partial charge in [-0.3, -0.25) is 9.20 Å². The Morgan fingerprint density at radius 3 is 2.80 bits per heavy atom. The van der Waals surface area contributed by atoms with Crippen LogP contribution in [-0.4, -0.2) is 22.5 Å². The molecule has 0 radical (unpaired) electrons. The number of nitrogens with zero attached hydrogens (tertiary/aromatic N) is 2. The molecule has 3 rings (SSSR count). The van der Waals surface area contributed by atoms with Gasteiger partial charge in [-0.05, 0) is 25.1 Å². The first-order valence-corrected chi connectivity index (χ1v) is 6.27. The number of fused-ring (bicyclic) bond motifs is 1. The average Bonchev–Trinajstić information content (AvgIpc) is 2.90. The van der Waals surface area contributed by atoms with Crippen LogP contribution in [-0.2, 0) is 6.18 Å². The first kappa shape index (κ1) is 13.1. The molecule has 1 unspecified atom stereocenters. The summed E-state index contributed by atoms with van der Waals surface area (Å²) in [4.78, 5) is 16.2. The fourth-order valence-electron chi connectivity index (χ4n) is 2.51. The van der Waals surface area contributed by atoms with Crippen LogP contribution in [0.1, 0.15) is 23.7 Å². The van der Waals surface area contributed by atoms with Crippen LogP contribution in [0.15, 0.2) is 29.1 Å². The van der Waals surface area contributed by atoms with E-state index >= 15 is 0 Å². The predicted molar refractivity (Wildman–Crippen MR) is 66.7 cm³/mol. The van der Waals surface area contributed by atoms with Gasteiger partial charge in [0.15, 0.2) is 0 Å². The summed E-state index contributed by atoms with van der Waals surface area (Å²) in [6, 6.07) is 4.77. The zero-order valence-corrected chi connectivity index (χ0v) is 10.4. The summed E-state index contributed by atoms with van der Waals surface area (Å²) in [5.41, 5.74) is -1.10. The SMILES string of the molecule is O=c1cc(C2CCNC2)nc2cccc(C(F)(F)F)n12. The number of hydrogen-bond acceptors (Lipinski definition) is 3. The van der Waals surface area contributed by atoms with Crippen molar-refractivity contribution in [1.82, 2.24) is 14.7 Å². The Hall–Kier alpha value is -1.89. The summed E-state index contributed by atoms with van der Waals surface area (Å²) >= 11 is 0. The van der Waals surface area contributed by atoms with E-state index in [1.54, 1.807) is 0 Å². The van der Waals surface area contributed by atoms with Crippen LogP contribution < -0.4 is 10.9 Å². The van der Waals surface area contributed by atoms with Crippen LogP contribution in [0.5, 0.6) is 0 Å².